The van der Waals surface area contributed by atoms with Crippen LogP contribution in [0.5, 0.6) is 5.75 Å². The molecule has 0 bridgehead atoms. The number of H-pyrrole nitrogens is 1. The van der Waals surface area contributed by atoms with E-state index in [9.17, 15) is 9.59 Å². The van der Waals surface area contributed by atoms with E-state index in [0.717, 1.165) is 16.9 Å². The maximum absolute atomic E-state index is 12.2. The molecule has 1 heterocycles. The van der Waals surface area contributed by atoms with Crippen molar-refractivity contribution in [2.75, 3.05) is 7.11 Å². The zero-order chi connectivity index (χ0) is 19.2. The van der Waals surface area contributed by atoms with E-state index in [1.807, 2.05) is 31.2 Å². The van der Waals surface area contributed by atoms with Crippen LogP contribution >= 0.6 is 0 Å². The molecule has 0 saturated heterocycles. The molecule has 3 aromatic rings. The molecule has 6 heteroatoms. The van der Waals surface area contributed by atoms with Crippen molar-refractivity contribution in [2.24, 2.45) is 0 Å². The summed E-state index contributed by atoms with van der Waals surface area (Å²) in [5.41, 5.74) is 2.45. The Morgan fingerprint density at radius 1 is 1.11 bits per heavy atom. The molecule has 0 aliphatic heterocycles. The summed E-state index contributed by atoms with van der Waals surface area (Å²) in [6.45, 7) is 1.89. The number of fused-ring (bicyclic) bond motifs is 1. The summed E-state index contributed by atoms with van der Waals surface area (Å²) in [4.78, 5) is 32.1. The SMILES string of the molecule is COc1ccc(C(=O)CCCC(=O)NC(C)c2nc3ccccc3[nH]2)cc1. The third-order valence-electron chi connectivity index (χ3n) is 4.42. The van der Waals surface area contributed by atoms with Crippen molar-refractivity contribution in [1.82, 2.24) is 15.3 Å². The fraction of sp³-hybridized carbons (Fsp3) is 0.286. The second-order valence-corrected chi connectivity index (χ2v) is 6.43. The Morgan fingerprint density at radius 3 is 2.56 bits per heavy atom. The van der Waals surface area contributed by atoms with Gasteiger partial charge in [-0.1, -0.05) is 12.1 Å². The van der Waals surface area contributed by atoms with Crippen LogP contribution in [0.3, 0.4) is 0 Å². The van der Waals surface area contributed by atoms with Crippen LogP contribution < -0.4 is 10.1 Å². The highest BCUT2D eigenvalue weighted by molar-refractivity contribution is 5.96. The number of Topliss-reactive ketones (excluding diaryl/α,β-unsaturated/α-hetero) is 1. The Morgan fingerprint density at radius 2 is 1.85 bits per heavy atom. The highest BCUT2D eigenvalue weighted by Gasteiger charge is 2.14. The normalized spacial score (nSPS) is 11.9. The predicted octanol–water partition coefficient (Wildman–Crippen LogP) is 3.80. The number of carbonyl (C=O) groups excluding carboxylic acids is 2. The number of hydrogen-bond donors (Lipinski definition) is 2. The lowest BCUT2D eigenvalue weighted by atomic mass is 10.1. The molecular formula is C21H23N3O3. The molecule has 0 saturated carbocycles. The monoisotopic (exact) mass is 365 g/mol. The lowest BCUT2D eigenvalue weighted by Crippen LogP contribution is -2.27. The number of carbonyl (C=O) groups is 2. The molecule has 2 aromatic carbocycles. The summed E-state index contributed by atoms with van der Waals surface area (Å²) in [6.07, 6.45) is 1.13. The van der Waals surface area contributed by atoms with E-state index >= 15 is 0 Å². The van der Waals surface area contributed by atoms with Crippen LogP contribution in [-0.4, -0.2) is 28.8 Å². The first-order chi connectivity index (χ1) is 13.1. The van der Waals surface area contributed by atoms with Crippen LogP contribution in [0.2, 0.25) is 0 Å². The number of rotatable bonds is 8. The molecule has 27 heavy (non-hydrogen) atoms. The molecule has 0 spiro atoms. The van der Waals surface area contributed by atoms with E-state index in [4.69, 9.17) is 4.74 Å². The average Bonchev–Trinajstić information content (AvgIpc) is 3.12. The number of aromatic nitrogens is 2. The second-order valence-electron chi connectivity index (χ2n) is 6.43. The van der Waals surface area contributed by atoms with Gasteiger partial charge in [0.2, 0.25) is 5.91 Å². The van der Waals surface area contributed by atoms with Crippen LogP contribution in [0.15, 0.2) is 48.5 Å². The van der Waals surface area contributed by atoms with Gasteiger partial charge in [0.15, 0.2) is 5.78 Å². The second kappa shape index (κ2) is 8.49. The number of nitrogens with one attached hydrogen (secondary N) is 2. The van der Waals surface area contributed by atoms with Crippen molar-refractivity contribution in [3.63, 3.8) is 0 Å². The highest BCUT2D eigenvalue weighted by atomic mass is 16.5. The lowest BCUT2D eigenvalue weighted by molar-refractivity contribution is -0.121. The quantitative estimate of drug-likeness (QED) is 0.595. The van der Waals surface area contributed by atoms with E-state index in [1.54, 1.807) is 31.4 Å². The molecule has 0 fully saturated rings. The number of benzene rings is 2. The van der Waals surface area contributed by atoms with Crippen LogP contribution in [0.25, 0.3) is 11.0 Å². The van der Waals surface area contributed by atoms with E-state index in [-0.39, 0.29) is 17.7 Å². The Balaban J connectivity index is 1.46. The van der Waals surface area contributed by atoms with Crippen LogP contribution in [0.1, 0.15) is 48.4 Å². The maximum atomic E-state index is 12.2. The van der Waals surface area contributed by atoms with Gasteiger partial charge < -0.3 is 15.0 Å². The number of ether oxygens (including phenoxy) is 1. The van der Waals surface area contributed by atoms with E-state index in [2.05, 4.69) is 15.3 Å². The van der Waals surface area contributed by atoms with Crippen molar-refractivity contribution in [2.45, 2.75) is 32.2 Å². The third-order valence-corrected chi connectivity index (χ3v) is 4.42. The van der Waals surface area contributed by atoms with Gasteiger partial charge >= 0.3 is 0 Å². The smallest absolute Gasteiger partial charge is 0.220 e. The summed E-state index contributed by atoms with van der Waals surface area (Å²) in [5, 5.41) is 2.93. The van der Waals surface area contributed by atoms with Crippen LogP contribution in [0, 0.1) is 0 Å². The molecule has 2 N–H and O–H groups in total. The van der Waals surface area contributed by atoms with Crippen molar-refractivity contribution in [1.29, 1.82) is 0 Å². The molecule has 1 amide bonds. The number of ketones is 1. The third kappa shape index (κ3) is 4.73. The zero-order valence-corrected chi connectivity index (χ0v) is 15.5. The zero-order valence-electron chi connectivity index (χ0n) is 15.5. The van der Waals surface area contributed by atoms with E-state index in [1.165, 1.54) is 0 Å². The molecule has 0 radical (unpaired) electrons. The first-order valence-corrected chi connectivity index (χ1v) is 8.98. The summed E-state index contributed by atoms with van der Waals surface area (Å²) in [5.74, 6) is 1.37. The van der Waals surface area contributed by atoms with Crippen LogP contribution in [0.4, 0.5) is 0 Å². The standard InChI is InChI=1S/C21H23N3O3/c1-14(21-23-17-6-3-4-7-18(17)24-21)22-20(26)9-5-8-19(25)15-10-12-16(27-2)13-11-15/h3-4,6-7,10-14H,5,8-9H2,1-2H3,(H,22,26)(H,23,24). The van der Waals surface area contributed by atoms with Crippen molar-refractivity contribution >= 4 is 22.7 Å². The topological polar surface area (TPSA) is 84.1 Å². The molecule has 3 rings (SSSR count). The number of hydrogen-bond acceptors (Lipinski definition) is 4. The summed E-state index contributed by atoms with van der Waals surface area (Å²) in [6, 6.07) is 14.5. The predicted molar refractivity (Wildman–Crippen MR) is 104 cm³/mol. The number of amides is 1. The highest BCUT2D eigenvalue weighted by Crippen LogP contribution is 2.16. The number of imidazole rings is 1. The van der Waals surface area contributed by atoms with E-state index in [0.29, 0.717) is 30.6 Å². The van der Waals surface area contributed by atoms with Crippen molar-refractivity contribution in [3.05, 3.63) is 59.9 Å². The molecule has 1 aromatic heterocycles. The number of aromatic amines is 1. The van der Waals surface area contributed by atoms with Crippen LogP contribution in [-0.2, 0) is 4.79 Å². The first kappa shape index (κ1) is 18.6. The van der Waals surface area contributed by atoms with Gasteiger partial charge in [-0.15, -0.1) is 0 Å². The fourth-order valence-electron chi connectivity index (χ4n) is 2.89. The van der Waals surface area contributed by atoms with Gasteiger partial charge in [-0.25, -0.2) is 4.98 Å². The van der Waals surface area contributed by atoms with Gasteiger partial charge in [0.1, 0.15) is 11.6 Å². The van der Waals surface area contributed by atoms with Gasteiger partial charge in [-0.05, 0) is 49.7 Å². The van der Waals surface area contributed by atoms with Gasteiger partial charge in [-0.2, -0.15) is 0 Å². The Bertz CT molecular complexity index is 898. The molecule has 1 atom stereocenters. The molecular weight excluding hydrogens is 342 g/mol. The molecule has 1 unspecified atom stereocenters. The van der Waals surface area contributed by atoms with Gasteiger partial charge in [0.25, 0.3) is 0 Å². The average molecular weight is 365 g/mol. The minimum absolute atomic E-state index is 0.0239. The van der Waals surface area contributed by atoms with Gasteiger partial charge in [0.05, 0.1) is 24.2 Å². The summed E-state index contributed by atoms with van der Waals surface area (Å²) < 4.78 is 5.08. The fourth-order valence-corrected chi connectivity index (χ4v) is 2.89. The Labute approximate surface area is 158 Å². The number of para-hydroxylation sites is 2. The van der Waals surface area contributed by atoms with Gasteiger partial charge in [-0.3, -0.25) is 9.59 Å². The molecule has 140 valence electrons. The number of nitrogens with zero attached hydrogens (tertiary/aromatic N) is 1. The first-order valence-electron chi connectivity index (χ1n) is 8.98. The Hall–Kier alpha value is -3.15. The molecule has 0 aliphatic carbocycles. The molecule has 6 nitrogen and oxygen atoms in total. The van der Waals surface area contributed by atoms with Crippen molar-refractivity contribution < 1.29 is 14.3 Å². The molecule has 0 aliphatic rings. The van der Waals surface area contributed by atoms with Gasteiger partial charge in [0, 0.05) is 18.4 Å². The minimum Gasteiger partial charge on any atom is -0.497 e. The largest absolute Gasteiger partial charge is 0.497 e. The van der Waals surface area contributed by atoms with Crippen molar-refractivity contribution in [3.8, 4) is 5.75 Å². The maximum Gasteiger partial charge on any atom is 0.220 e. The van der Waals surface area contributed by atoms with E-state index < -0.39 is 0 Å². The summed E-state index contributed by atoms with van der Waals surface area (Å²) in [7, 11) is 1.59. The number of methoxy groups -OCH3 is 1. The lowest BCUT2D eigenvalue weighted by Gasteiger charge is -2.11. The Kier molecular flexibility index (Phi) is 5.86. The summed E-state index contributed by atoms with van der Waals surface area (Å²) >= 11 is 0. The minimum atomic E-state index is -0.220.